The average molecular weight is 383 g/mol. The van der Waals surface area contributed by atoms with Gasteiger partial charge in [0.2, 0.25) is 0 Å². The number of hydroxylamine groups is 2. The highest BCUT2D eigenvalue weighted by atomic mass is 32.3. The quantitative estimate of drug-likeness (QED) is 0.680. The summed E-state index contributed by atoms with van der Waals surface area (Å²) in [7, 11) is 0.514. The van der Waals surface area contributed by atoms with E-state index in [1.807, 2.05) is 6.92 Å². The second kappa shape index (κ2) is 7.39. The Morgan fingerprint density at radius 1 is 1.42 bits per heavy atom. The van der Waals surface area contributed by atoms with Crippen molar-refractivity contribution in [3.63, 3.8) is 0 Å². The third-order valence-electron chi connectivity index (χ3n) is 4.69. The van der Waals surface area contributed by atoms with E-state index in [0.29, 0.717) is 47.8 Å². The third-order valence-corrected chi connectivity index (χ3v) is 6.47. The highest BCUT2D eigenvalue weighted by Gasteiger charge is 2.27. The molecule has 0 atom stereocenters. The van der Waals surface area contributed by atoms with Crippen LogP contribution in [0.5, 0.6) is 0 Å². The van der Waals surface area contributed by atoms with E-state index in [0.717, 1.165) is 10.4 Å². The number of hydrogen-bond donors (Lipinski definition) is 3. The molecule has 0 unspecified atom stereocenters. The van der Waals surface area contributed by atoms with Crippen molar-refractivity contribution >= 4 is 33.2 Å². The van der Waals surface area contributed by atoms with Crippen molar-refractivity contribution in [3.8, 4) is 0 Å². The fourth-order valence-corrected chi connectivity index (χ4v) is 4.61. The Hall–Kier alpha value is -1.88. The molecule has 0 aliphatic carbocycles. The Balaban J connectivity index is 1.99. The van der Waals surface area contributed by atoms with E-state index in [4.69, 9.17) is 4.84 Å². The Labute approximate surface area is 153 Å². The molecule has 0 spiro atoms. The molecule has 1 saturated heterocycles. The Morgan fingerprint density at radius 3 is 2.73 bits per heavy atom. The van der Waals surface area contributed by atoms with Crippen LogP contribution in [0.3, 0.4) is 0 Å². The van der Waals surface area contributed by atoms with Crippen molar-refractivity contribution in [2.75, 3.05) is 31.0 Å². The summed E-state index contributed by atoms with van der Waals surface area (Å²) in [4.78, 5) is 22.1. The first-order valence-corrected chi connectivity index (χ1v) is 10.4. The lowest BCUT2D eigenvalue weighted by atomic mass is 10.1. The van der Waals surface area contributed by atoms with Gasteiger partial charge in [-0.25, -0.2) is 14.7 Å². The minimum atomic E-state index is -2.46. The molecular weight excluding hydrogens is 358 g/mol. The molecule has 144 valence electrons. The number of carbonyl (C=O) groups is 1. The van der Waals surface area contributed by atoms with Gasteiger partial charge in [-0.2, -0.15) is 15.7 Å². The maximum atomic E-state index is 12.7. The molecule has 26 heavy (non-hydrogen) atoms. The first kappa shape index (κ1) is 18.9. The maximum Gasteiger partial charge on any atom is 0.280 e. The molecule has 2 aromatic rings. The van der Waals surface area contributed by atoms with E-state index in [9.17, 15) is 13.9 Å². The number of anilines is 1. The third kappa shape index (κ3) is 3.63. The van der Waals surface area contributed by atoms with Crippen LogP contribution in [-0.4, -0.2) is 66.5 Å². The lowest BCUT2D eigenvalue weighted by molar-refractivity contribution is -0.0756. The minimum Gasteiger partial charge on any atom is -0.381 e. The number of nitrogens with one attached hydrogen (secondary N) is 1. The first-order chi connectivity index (χ1) is 12.4. The molecule has 9 nitrogen and oxygen atoms in total. The zero-order valence-corrected chi connectivity index (χ0v) is 16.0. The summed E-state index contributed by atoms with van der Waals surface area (Å²) < 4.78 is 21.4. The normalized spacial score (nSPS) is 18.7. The second-order valence-electron chi connectivity index (χ2n) is 6.36. The average Bonchev–Trinajstić information content (AvgIpc) is 3.06. The van der Waals surface area contributed by atoms with Gasteiger partial charge in [0.25, 0.3) is 5.91 Å². The van der Waals surface area contributed by atoms with Crippen LogP contribution in [-0.2, 0) is 11.4 Å². The van der Waals surface area contributed by atoms with Gasteiger partial charge in [0.05, 0.1) is 29.9 Å². The Bertz CT molecular complexity index is 799. The summed E-state index contributed by atoms with van der Waals surface area (Å²) >= 11 is 0. The summed E-state index contributed by atoms with van der Waals surface area (Å²) in [6, 6.07) is 0.0462. The van der Waals surface area contributed by atoms with Crippen LogP contribution >= 0.6 is 10.6 Å². The van der Waals surface area contributed by atoms with Crippen LogP contribution in [0.2, 0.25) is 0 Å². The van der Waals surface area contributed by atoms with E-state index in [1.165, 1.54) is 13.3 Å². The van der Waals surface area contributed by atoms with E-state index in [1.54, 1.807) is 17.9 Å². The summed E-state index contributed by atoms with van der Waals surface area (Å²) in [6.07, 6.45) is 4.49. The zero-order valence-electron chi connectivity index (χ0n) is 15.2. The number of rotatable bonds is 5. The molecule has 0 saturated carbocycles. The lowest BCUT2D eigenvalue weighted by Crippen LogP contribution is -2.32. The molecule has 0 bridgehead atoms. The summed E-state index contributed by atoms with van der Waals surface area (Å²) in [5.74, 6) is 0.427. The topological polar surface area (TPSA) is 113 Å². The van der Waals surface area contributed by atoms with Gasteiger partial charge in [0.1, 0.15) is 0 Å². The SMILES string of the molecule is CCn1ncc2c(NC3CCS(O)(O)CC3)c(C(=O)N(C)OC)cnc21. The van der Waals surface area contributed by atoms with Crippen LogP contribution in [0.4, 0.5) is 5.69 Å². The van der Waals surface area contributed by atoms with Gasteiger partial charge in [-0.05, 0) is 19.8 Å². The van der Waals surface area contributed by atoms with Crippen molar-refractivity contribution in [2.24, 2.45) is 0 Å². The van der Waals surface area contributed by atoms with Crippen molar-refractivity contribution < 1.29 is 18.7 Å². The van der Waals surface area contributed by atoms with Crippen molar-refractivity contribution in [2.45, 2.75) is 32.4 Å². The number of amides is 1. The Kier molecular flexibility index (Phi) is 5.37. The highest BCUT2D eigenvalue weighted by Crippen LogP contribution is 2.44. The first-order valence-electron chi connectivity index (χ1n) is 8.53. The van der Waals surface area contributed by atoms with Crippen molar-refractivity contribution in [3.05, 3.63) is 18.0 Å². The number of fused-ring (bicyclic) bond motifs is 1. The molecule has 0 radical (unpaired) electrons. The van der Waals surface area contributed by atoms with Gasteiger partial charge in [-0.3, -0.25) is 18.7 Å². The van der Waals surface area contributed by atoms with Crippen molar-refractivity contribution in [1.82, 2.24) is 19.8 Å². The van der Waals surface area contributed by atoms with E-state index >= 15 is 0 Å². The number of hydrogen-bond acceptors (Lipinski definition) is 7. The van der Waals surface area contributed by atoms with E-state index in [2.05, 4.69) is 15.4 Å². The molecule has 1 fully saturated rings. The fraction of sp³-hybridized carbons (Fsp3) is 0.562. The van der Waals surface area contributed by atoms with Gasteiger partial charge >= 0.3 is 0 Å². The molecule has 3 heterocycles. The number of aromatic nitrogens is 3. The number of nitrogens with zero attached hydrogens (tertiary/aromatic N) is 4. The number of carbonyl (C=O) groups excluding carboxylic acids is 1. The van der Waals surface area contributed by atoms with Gasteiger partial charge in [-0.1, -0.05) is 0 Å². The van der Waals surface area contributed by atoms with E-state index in [-0.39, 0.29) is 11.9 Å². The van der Waals surface area contributed by atoms with Gasteiger partial charge in [-0.15, -0.1) is 0 Å². The van der Waals surface area contributed by atoms with Crippen molar-refractivity contribution in [1.29, 1.82) is 0 Å². The molecule has 2 aromatic heterocycles. The van der Waals surface area contributed by atoms with Gasteiger partial charge < -0.3 is 5.32 Å². The molecule has 3 rings (SSSR count). The van der Waals surface area contributed by atoms with Crippen LogP contribution in [0, 0.1) is 0 Å². The number of pyridine rings is 1. The molecule has 3 N–H and O–H groups in total. The summed E-state index contributed by atoms with van der Waals surface area (Å²) in [5, 5.41) is 9.67. The molecule has 1 aliphatic rings. The molecule has 0 aromatic carbocycles. The monoisotopic (exact) mass is 383 g/mol. The van der Waals surface area contributed by atoms with Crippen LogP contribution in [0.1, 0.15) is 30.1 Å². The standard InChI is InChI=1S/C16H25N5O4S/c1-4-21-15-12(10-18-21)14(13(9-17-15)16(22)20(2)25-3)19-11-5-7-26(23,24)8-6-11/h9-11,23-24H,4-8H2,1-3H3,(H,17,19). The highest BCUT2D eigenvalue weighted by molar-refractivity contribution is 8.24. The van der Waals surface area contributed by atoms with Gasteiger partial charge in [0.15, 0.2) is 5.65 Å². The predicted molar refractivity (Wildman–Crippen MR) is 102 cm³/mol. The Morgan fingerprint density at radius 2 is 2.12 bits per heavy atom. The maximum absolute atomic E-state index is 12.7. The molecule has 10 heteroatoms. The zero-order chi connectivity index (χ0) is 18.9. The molecule has 1 aliphatic heterocycles. The minimum absolute atomic E-state index is 0.0462. The molecular formula is C16H25N5O4S. The fourth-order valence-electron chi connectivity index (χ4n) is 3.09. The summed E-state index contributed by atoms with van der Waals surface area (Å²) in [6.45, 7) is 2.65. The van der Waals surface area contributed by atoms with Crippen LogP contribution < -0.4 is 5.32 Å². The smallest absolute Gasteiger partial charge is 0.280 e. The second-order valence-corrected chi connectivity index (χ2v) is 8.78. The molecule has 1 amide bonds. The number of aryl methyl sites for hydroxylation is 1. The van der Waals surface area contributed by atoms with Gasteiger partial charge in [0, 0.05) is 37.3 Å². The predicted octanol–water partition coefficient (Wildman–Crippen LogP) is 2.41. The van der Waals surface area contributed by atoms with E-state index < -0.39 is 10.6 Å². The van der Waals surface area contributed by atoms with Crippen LogP contribution in [0.15, 0.2) is 12.4 Å². The summed E-state index contributed by atoms with van der Waals surface area (Å²) in [5.41, 5.74) is 1.76. The lowest BCUT2D eigenvalue weighted by Gasteiger charge is -2.39. The largest absolute Gasteiger partial charge is 0.381 e. The van der Waals surface area contributed by atoms with Crippen LogP contribution in [0.25, 0.3) is 11.0 Å².